The Bertz CT molecular complexity index is 1230. The van der Waals surface area contributed by atoms with E-state index in [1.807, 2.05) is 48.7 Å². The predicted molar refractivity (Wildman–Crippen MR) is 178 cm³/mol. The van der Waals surface area contributed by atoms with Gasteiger partial charge in [0.1, 0.15) is 0 Å². The summed E-state index contributed by atoms with van der Waals surface area (Å²) >= 11 is 0.0495. The Morgan fingerprint density at radius 3 is 2.20 bits per heavy atom. The number of nitrogens with one attached hydrogen (secondary N) is 3. The van der Waals surface area contributed by atoms with Crippen LogP contribution in [-0.4, -0.2) is 51.0 Å². The van der Waals surface area contributed by atoms with Crippen LogP contribution in [0.5, 0.6) is 0 Å². The molecular formula is C34H43IN4O2. The molecule has 2 aromatic carbocycles. The van der Waals surface area contributed by atoms with Crippen molar-refractivity contribution in [2.75, 3.05) is 26.2 Å². The lowest BCUT2D eigenvalue weighted by Gasteiger charge is -2.23. The molecule has 3 aromatic rings. The first-order valence-electron chi connectivity index (χ1n) is 14.5. The first kappa shape index (κ1) is 31.4. The van der Waals surface area contributed by atoms with Gasteiger partial charge in [-0.15, -0.1) is 0 Å². The number of hydrogen-bond acceptors (Lipinski definition) is 6. The Hall–Kier alpha value is -2.53. The molecule has 7 heteroatoms. The first-order chi connectivity index (χ1) is 20.2. The summed E-state index contributed by atoms with van der Waals surface area (Å²) < 4.78 is 3.87. The van der Waals surface area contributed by atoms with E-state index in [1.165, 1.54) is 5.56 Å². The topological polar surface area (TPSA) is 89.4 Å². The Balaban J connectivity index is 1.26. The number of benzene rings is 2. The van der Waals surface area contributed by atoms with Crippen molar-refractivity contribution in [2.24, 2.45) is 5.92 Å². The van der Waals surface area contributed by atoms with E-state index in [4.69, 9.17) is 0 Å². The molecule has 0 spiro atoms. The number of hydrogen-bond donors (Lipinski definition) is 5. The van der Waals surface area contributed by atoms with E-state index in [0.717, 1.165) is 62.3 Å². The van der Waals surface area contributed by atoms with Crippen molar-refractivity contribution < 1.29 is 10.2 Å². The van der Waals surface area contributed by atoms with Crippen LogP contribution in [0.1, 0.15) is 41.3 Å². The first-order valence-corrected chi connectivity index (χ1v) is 16.8. The fraction of sp³-hybridized carbons (Fsp3) is 0.353. The molecule has 0 aliphatic carbocycles. The van der Waals surface area contributed by atoms with Gasteiger partial charge in [-0.3, -0.25) is 4.98 Å². The molecule has 2 heterocycles. The van der Waals surface area contributed by atoms with Crippen LogP contribution in [0.15, 0.2) is 101 Å². The molecule has 218 valence electrons. The van der Waals surface area contributed by atoms with Crippen molar-refractivity contribution in [3.8, 4) is 0 Å². The van der Waals surface area contributed by atoms with Crippen LogP contribution in [0.4, 0.5) is 0 Å². The van der Waals surface area contributed by atoms with Crippen LogP contribution in [-0.2, 0) is 19.5 Å². The van der Waals surface area contributed by atoms with Gasteiger partial charge in [0.05, 0.1) is 24.4 Å². The van der Waals surface area contributed by atoms with E-state index >= 15 is 0 Å². The highest BCUT2D eigenvalue weighted by Crippen LogP contribution is 2.19. The Morgan fingerprint density at radius 1 is 0.780 bits per heavy atom. The summed E-state index contributed by atoms with van der Waals surface area (Å²) in [5.41, 5.74) is 4.35. The fourth-order valence-corrected chi connectivity index (χ4v) is 6.69. The zero-order chi connectivity index (χ0) is 28.5. The molecule has 0 bridgehead atoms. The van der Waals surface area contributed by atoms with E-state index in [1.54, 1.807) is 3.51 Å². The molecule has 1 aromatic heterocycles. The maximum atomic E-state index is 10.7. The second-order valence-electron chi connectivity index (χ2n) is 10.4. The largest absolute Gasteiger partial charge is 0.395 e. The minimum atomic E-state index is -0.757. The van der Waals surface area contributed by atoms with Crippen LogP contribution in [0.25, 0.3) is 0 Å². The average Bonchev–Trinajstić information content (AvgIpc) is 3.03. The minimum absolute atomic E-state index is 0.0495. The molecule has 41 heavy (non-hydrogen) atoms. The molecule has 0 saturated heterocycles. The number of rotatable bonds is 18. The van der Waals surface area contributed by atoms with E-state index in [9.17, 15) is 10.2 Å². The molecule has 4 rings (SSSR count). The highest BCUT2D eigenvalue weighted by molar-refractivity contribution is 14.2. The van der Waals surface area contributed by atoms with Crippen molar-refractivity contribution in [3.63, 3.8) is 0 Å². The van der Waals surface area contributed by atoms with Gasteiger partial charge in [0.15, 0.2) is 0 Å². The van der Waals surface area contributed by atoms with Crippen LogP contribution in [0.2, 0.25) is 0 Å². The third kappa shape index (κ3) is 11.3. The lowest BCUT2D eigenvalue weighted by atomic mass is 9.92. The average molecular weight is 667 g/mol. The number of aliphatic hydroxyl groups excluding tert-OH is 2. The molecule has 5 N–H and O–H groups in total. The summed E-state index contributed by atoms with van der Waals surface area (Å²) in [7, 11) is 0. The maximum Gasteiger partial charge on any atom is 0.0965 e. The monoisotopic (exact) mass is 666 g/mol. The summed E-state index contributed by atoms with van der Waals surface area (Å²) in [6, 6.07) is 23.9. The van der Waals surface area contributed by atoms with Crippen molar-refractivity contribution in [1.82, 2.24) is 20.9 Å². The third-order valence-corrected chi connectivity index (χ3v) is 9.60. The highest BCUT2D eigenvalue weighted by Gasteiger charge is 2.19. The number of aromatic nitrogens is 1. The number of allylic oxidation sites excluding steroid dienone is 2. The third-order valence-electron chi connectivity index (χ3n) is 7.28. The Kier molecular flexibility index (Phi) is 13.9. The van der Waals surface area contributed by atoms with E-state index in [-0.39, 0.29) is 27.3 Å². The molecular weight excluding hydrogens is 623 g/mol. The summed E-state index contributed by atoms with van der Waals surface area (Å²) in [4.78, 5) is 4.42. The quantitative estimate of drug-likeness (QED) is 0.0990. The number of pyridine rings is 1. The van der Waals surface area contributed by atoms with E-state index in [0.29, 0.717) is 12.5 Å². The minimum Gasteiger partial charge on any atom is -0.395 e. The van der Waals surface area contributed by atoms with Crippen LogP contribution in [0, 0.1) is 5.92 Å². The van der Waals surface area contributed by atoms with E-state index < -0.39 is 12.1 Å². The van der Waals surface area contributed by atoms with Gasteiger partial charge in [-0.1, -0.05) is 99.6 Å². The summed E-state index contributed by atoms with van der Waals surface area (Å²) in [5.74, 6) is 0.573. The molecule has 1 aliphatic heterocycles. The van der Waals surface area contributed by atoms with Gasteiger partial charge in [0.25, 0.3) is 0 Å². The smallest absolute Gasteiger partial charge is 0.0965 e. The summed E-state index contributed by atoms with van der Waals surface area (Å²) in [6.07, 6.45) is 10.9. The van der Waals surface area contributed by atoms with Gasteiger partial charge in [0, 0.05) is 25.8 Å². The molecule has 1 aliphatic rings. The number of aliphatic hydroxyl groups is 2. The normalized spacial score (nSPS) is 15.1. The fourth-order valence-electron chi connectivity index (χ4n) is 4.87. The standard InChI is InChI=1S/C34H43IN4O2/c40-26-33(34(41)30-8-2-1-3-9-30)39-23-29-14-12-27(13-15-29)22-28(16-20-36-24-31-10-4-6-18-35-31)17-21-37-25-32-11-5-7-19-38-32/h1-15,18-19,28,33-34,36-37,39-41H,16-17,20-26H2/t28?,33?,34-/m0/s1. The number of nitrogens with zero attached hydrogens (tertiary/aromatic N) is 1. The van der Waals surface area contributed by atoms with Gasteiger partial charge in [-0.25, -0.2) is 0 Å². The van der Waals surface area contributed by atoms with Crippen molar-refractivity contribution in [1.29, 1.82) is 0 Å². The second kappa shape index (κ2) is 18.1. The summed E-state index contributed by atoms with van der Waals surface area (Å²) in [6.45, 7) is 4.23. The molecule has 2 unspecified atom stereocenters. The van der Waals surface area contributed by atoms with E-state index in [2.05, 4.69) is 73.6 Å². The van der Waals surface area contributed by atoms with Crippen molar-refractivity contribution in [3.05, 3.63) is 124 Å². The lowest BCUT2D eigenvalue weighted by Crippen LogP contribution is -2.37. The Morgan fingerprint density at radius 2 is 1.51 bits per heavy atom. The molecule has 0 amide bonds. The van der Waals surface area contributed by atoms with Gasteiger partial charge in [-0.2, -0.15) is 0 Å². The Labute approximate surface area is 254 Å². The zero-order valence-corrected chi connectivity index (χ0v) is 25.8. The second-order valence-corrected chi connectivity index (χ2v) is 13.1. The van der Waals surface area contributed by atoms with Crippen molar-refractivity contribution in [2.45, 2.75) is 44.5 Å². The predicted octanol–water partition coefficient (Wildman–Crippen LogP) is 4.81. The zero-order valence-electron chi connectivity index (χ0n) is 23.6. The molecule has 3 atom stereocenters. The summed E-state index contributed by atoms with van der Waals surface area (Å²) in [5, 5.41) is 31.1. The lowest BCUT2D eigenvalue weighted by molar-refractivity contribution is 0.0892. The maximum absolute atomic E-state index is 10.7. The molecule has 6 nitrogen and oxygen atoms in total. The molecule has 0 saturated carbocycles. The number of halogens is 1. The van der Waals surface area contributed by atoms with Crippen LogP contribution in [0.3, 0.4) is 0 Å². The van der Waals surface area contributed by atoms with Crippen LogP contribution < -0.4 is 16.0 Å². The van der Waals surface area contributed by atoms with Crippen molar-refractivity contribution >= 4 is 24.2 Å². The SMILES string of the molecule is OCC(NCc1ccc(CC(CCNCC2=IC=CC=C2)CCNCc2ccccn2)cc1)[C@@H](O)c1ccccc1. The van der Waals surface area contributed by atoms with Gasteiger partial charge in [-0.05, 0) is 74.7 Å². The molecule has 0 radical (unpaired) electrons. The molecule has 0 fully saturated rings. The highest BCUT2D eigenvalue weighted by atomic mass is 127. The van der Waals surface area contributed by atoms with Crippen LogP contribution >= 0.6 is 20.7 Å². The van der Waals surface area contributed by atoms with Gasteiger partial charge >= 0.3 is 0 Å². The van der Waals surface area contributed by atoms with Gasteiger partial charge < -0.3 is 26.2 Å². The van der Waals surface area contributed by atoms with Gasteiger partial charge in [0.2, 0.25) is 0 Å².